The summed E-state index contributed by atoms with van der Waals surface area (Å²) in [4.78, 5) is 15.1. The van der Waals surface area contributed by atoms with Gasteiger partial charge in [-0.05, 0) is 23.3 Å². The molecule has 1 saturated carbocycles. The summed E-state index contributed by atoms with van der Waals surface area (Å²) in [5.74, 6) is -0.948. The van der Waals surface area contributed by atoms with Crippen LogP contribution in [-0.4, -0.2) is 55.4 Å². The summed E-state index contributed by atoms with van der Waals surface area (Å²) in [6, 6.07) is 20.1. The number of benzene rings is 3. The van der Waals surface area contributed by atoms with E-state index >= 15 is 0 Å². The van der Waals surface area contributed by atoms with Gasteiger partial charge in [0.1, 0.15) is 23.4 Å². The molecule has 3 aromatic carbocycles. The summed E-state index contributed by atoms with van der Waals surface area (Å²) in [6.45, 7) is 0. The van der Waals surface area contributed by atoms with Crippen molar-refractivity contribution in [2.45, 2.75) is 23.2 Å². The molecule has 7 nitrogen and oxygen atoms in total. The molecule has 2 N–H and O–H groups in total. The molecule has 1 aliphatic heterocycles. The minimum absolute atomic E-state index is 0.288. The average Bonchev–Trinajstić information content (AvgIpc) is 3.26. The predicted molar refractivity (Wildman–Crippen MR) is 137 cm³/mol. The fourth-order valence-corrected chi connectivity index (χ4v) is 6.20. The van der Waals surface area contributed by atoms with Crippen LogP contribution in [0, 0.1) is 5.92 Å². The maximum absolute atomic E-state index is 13.6. The molecular weight excluding hydrogens is 526 g/mol. The zero-order valence-electron chi connectivity index (χ0n) is 20.4. The van der Waals surface area contributed by atoms with Crippen molar-refractivity contribution in [3.8, 4) is 17.2 Å². The first-order valence-corrected chi connectivity index (χ1v) is 12.4. The molecule has 0 radical (unpaired) electrons. The van der Waals surface area contributed by atoms with Gasteiger partial charge in [0.25, 0.3) is 0 Å². The summed E-state index contributed by atoms with van der Waals surface area (Å²) in [6.07, 6.45) is -1.51. The lowest BCUT2D eigenvalue weighted by atomic mass is 9.70. The molecule has 0 bridgehead atoms. The lowest BCUT2D eigenvalue weighted by molar-refractivity contribution is -0.156. The summed E-state index contributed by atoms with van der Waals surface area (Å²) in [5, 5.41) is 24.7. The first-order chi connectivity index (χ1) is 17.2. The van der Waals surface area contributed by atoms with Crippen LogP contribution in [0.3, 0.4) is 0 Å². The predicted octanol–water partition coefficient (Wildman–Crippen LogP) is 3.80. The van der Waals surface area contributed by atoms with Gasteiger partial charge in [-0.15, -0.1) is 0 Å². The molecule has 0 aromatic heterocycles. The number of carbonyl (C=O) groups excluding carboxylic acids is 1. The van der Waals surface area contributed by atoms with E-state index in [1.807, 2.05) is 54.6 Å². The molecule has 0 unspecified atom stereocenters. The maximum atomic E-state index is 13.6. The van der Waals surface area contributed by atoms with Gasteiger partial charge in [-0.25, -0.2) is 0 Å². The Labute approximate surface area is 218 Å². The summed E-state index contributed by atoms with van der Waals surface area (Å²) < 4.78 is 18.7. The van der Waals surface area contributed by atoms with Gasteiger partial charge in [0, 0.05) is 36.6 Å². The number of aliphatic hydroxyl groups excluding tert-OH is 1. The van der Waals surface area contributed by atoms with Crippen LogP contribution < -0.4 is 14.2 Å². The largest absolute Gasteiger partial charge is 0.496 e. The Morgan fingerprint density at radius 1 is 1.03 bits per heavy atom. The van der Waals surface area contributed by atoms with E-state index in [2.05, 4.69) is 15.9 Å². The molecule has 8 heteroatoms. The van der Waals surface area contributed by atoms with E-state index in [4.69, 9.17) is 14.2 Å². The number of halogens is 1. The van der Waals surface area contributed by atoms with Crippen molar-refractivity contribution in [3.05, 3.63) is 87.9 Å². The van der Waals surface area contributed by atoms with E-state index < -0.39 is 29.1 Å². The van der Waals surface area contributed by atoms with Crippen molar-refractivity contribution >= 4 is 21.8 Å². The quantitative estimate of drug-likeness (QED) is 0.499. The van der Waals surface area contributed by atoms with E-state index in [9.17, 15) is 15.0 Å². The molecule has 5 rings (SSSR count). The van der Waals surface area contributed by atoms with Crippen LogP contribution in [0.2, 0.25) is 0 Å². The number of ether oxygens (including phenoxy) is 3. The van der Waals surface area contributed by atoms with E-state index in [1.165, 1.54) is 19.1 Å². The highest BCUT2D eigenvalue weighted by Gasteiger charge is 2.78. The van der Waals surface area contributed by atoms with E-state index in [0.717, 1.165) is 10.0 Å². The van der Waals surface area contributed by atoms with Gasteiger partial charge in [-0.2, -0.15) is 0 Å². The normalized spacial score (nSPS) is 28.1. The van der Waals surface area contributed by atoms with Gasteiger partial charge in [-0.3, -0.25) is 4.79 Å². The summed E-state index contributed by atoms with van der Waals surface area (Å²) in [7, 11) is 6.30. The number of hydrogen-bond donors (Lipinski definition) is 2. The van der Waals surface area contributed by atoms with Crippen LogP contribution in [-0.2, 0) is 16.0 Å². The van der Waals surface area contributed by atoms with Crippen LogP contribution in [0.1, 0.15) is 22.6 Å². The standard InChI is InChI=1S/C28H28BrNO6/c1-30(2)26(32)22-23(16-8-6-5-7-9-16)28(17-10-12-18(29)13-11-17)27(33,25(22)31)24-20(35-4)14-19(34-3)15-21(24)36-28/h5-15,22-23,25,31,33H,1-4H3/t22-,23-,25-,27+,28+/m1/s1. The Morgan fingerprint density at radius 2 is 1.69 bits per heavy atom. The van der Waals surface area contributed by atoms with E-state index in [-0.39, 0.29) is 11.5 Å². The van der Waals surface area contributed by atoms with Crippen LogP contribution >= 0.6 is 15.9 Å². The molecule has 0 spiro atoms. The van der Waals surface area contributed by atoms with Crippen LogP contribution in [0.15, 0.2) is 71.2 Å². The molecule has 0 saturated heterocycles. The zero-order chi connectivity index (χ0) is 25.8. The fourth-order valence-electron chi connectivity index (χ4n) is 5.94. The molecule has 1 amide bonds. The first-order valence-electron chi connectivity index (χ1n) is 11.6. The van der Waals surface area contributed by atoms with Gasteiger partial charge in [0.05, 0.1) is 25.7 Å². The Balaban J connectivity index is 1.89. The summed E-state index contributed by atoms with van der Waals surface area (Å²) in [5.41, 5.74) is -1.91. The average molecular weight is 554 g/mol. The second-order valence-corrected chi connectivity index (χ2v) is 10.3. The van der Waals surface area contributed by atoms with Crippen LogP contribution in [0.25, 0.3) is 0 Å². The second-order valence-electron chi connectivity index (χ2n) is 9.41. The molecule has 5 atom stereocenters. The Bertz CT molecular complexity index is 1300. The molecule has 1 fully saturated rings. The van der Waals surface area contributed by atoms with Crippen molar-refractivity contribution in [2.75, 3.05) is 28.3 Å². The molecule has 188 valence electrons. The van der Waals surface area contributed by atoms with E-state index in [0.29, 0.717) is 22.8 Å². The number of carbonyl (C=O) groups is 1. The second kappa shape index (κ2) is 8.80. The minimum Gasteiger partial charge on any atom is -0.496 e. The van der Waals surface area contributed by atoms with Crippen molar-refractivity contribution in [1.29, 1.82) is 0 Å². The van der Waals surface area contributed by atoms with Crippen molar-refractivity contribution in [1.82, 2.24) is 4.90 Å². The number of nitrogens with zero attached hydrogens (tertiary/aromatic N) is 1. The van der Waals surface area contributed by atoms with Crippen molar-refractivity contribution in [2.24, 2.45) is 5.92 Å². The number of methoxy groups -OCH3 is 2. The molecular formula is C28H28BrNO6. The number of rotatable bonds is 5. The highest BCUT2D eigenvalue weighted by Crippen LogP contribution is 2.70. The third-order valence-corrected chi connectivity index (χ3v) is 7.97. The smallest absolute Gasteiger partial charge is 0.228 e. The monoisotopic (exact) mass is 553 g/mol. The van der Waals surface area contributed by atoms with Gasteiger partial charge in [0.15, 0.2) is 11.2 Å². The highest BCUT2D eigenvalue weighted by atomic mass is 79.9. The van der Waals surface area contributed by atoms with Gasteiger partial charge >= 0.3 is 0 Å². The van der Waals surface area contributed by atoms with Crippen LogP contribution in [0.5, 0.6) is 17.2 Å². The SMILES string of the molecule is COc1cc(OC)c2c(c1)O[C@@]1(c3ccc(Br)cc3)[C@H](c3ccccc3)[C@@H](C(=O)N(C)C)[C@@H](O)[C@@]21O. The molecule has 3 aromatic rings. The third-order valence-electron chi connectivity index (χ3n) is 7.44. The maximum Gasteiger partial charge on any atom is 0.228 e. The lowest BCUT2D eigenvalue weighted by Crippen LogP contribution is -2.52. The number of aliphatic hydroxyl groups is 2. The van der Waals surface area contributed by atoms with Crippen molar-refractivity contribution < 1.29 is 29.2 Å². The molecule has 1 heterocycles. The Hall–Kier alpha value is -3.07. The summed E-state index contributed by atoms with van der Waals surface area (Å²) >= 11 is 3.48. The first kappa shape index (κ1) is 24.6. The number of hydrogen-bond acceptors (Lipinski definition) is 6. The lowest BCUT2D eigenvalue weighted by Gasteiger charge is -2.41. The zero-order valence-corrected chi connectivity index (χ0v) is 22.0. The Kier molecular flexibility index (Phi) is 6.01. The van der Waals surface area contributed by atoms with Gasteiger partial charge in [-0.1, -0.05) is 58.4 Å². The highest BCUT2D eigenvalue weighted by molar-refractivity contribution is 9.10. The van der Waals surface area contributed by atoms with Crippen molar-refractivity contribution in [3.63, 3.8) is 0 Å². The number of fused-ring (bicyclic) bond motifs is 3. The van der Waals surface area contributed by atoms with Crippen LogP contribution in [0.4, 0.5) is 0 Å². The topological polar surface area (TPSA) is 88.5 Å². The molecule has 2 aliphatic rings. The Morgan fingerprint density at radius 3 is 2.28 bits per heavy atom. The molecule has 1 aliphatic carbocycles. The fraction of sp³-hybridized carbons (Fsp3) is 0.321. The minimum atomic E-state index is -2.02. The third kappa shape index (κ3) is 3.21. The number of amides is 1. The molecule has 36 heavy (non-hydrogen) atoms. The van der Waals surface area contributed by atoms with Gasteiger partial charge < -0.3 is 29.3 Å². The van der Waals surface area contributed by atoms with E-state index in [1.54, 1.807) is 26.2 Å². The van der Waals surface area contributed by atoms with Gasteiger partial charge in [0.2, 0.25) is 5.91 Å².